The minimum atomic E-state index is -0.0141. The quantitative estimate of drug-likeness (QED) is 0.135. The van der Waals surface area contributed by atoms with Crippen LogP contribution >= 0.6 is 0 Å². The first-order valence-corrected chi connectivity index (χ1v) is 26.8. The van der Waals surface area contributed by atoms with E-state index < -0.39 is 0 Å². The van der Waals surface area contributed by atoms with Crippen LogP contribution in [0.5, 0.6) is 23.0 Å². The summed E-state index contributed by atoms with van der Waals surface area (Å²) >= 11 is 0. The molecule has 3 heterocycles. The van der Waals surface area contributed by atoms with Gasteiger partial charge in [-0.05, 0) is 136 Å². The number of aromatic nitrogens is 2. The van der Waals surface area contributed by atoms with Gasteiger partial charge in [-0.1, -0.05) is 144 Å². The Morgan fingerprint density at radius 2 is 1.17 bits per heavy atom. The van der Waals surface area contributed by atoms with E-state index in [1.807, 2.05) is 30.5 Å². The summed E-state index contributed by atoms with van der Waals surface area (Å²) in [6, 6.07) is 67.5. The molecule has 1 aliphatic heterocycles. The van der Waals surface area contributed by atoms with Gasteiger partial charge < -0.3 is 23.8 Å². The molecule has 0 unspecified atom stereocenters. The number of anilines is 4. The third-order valence-electron chi connectivity index (χ3n) is 15.7. The summed E-state index contributed by atoms with van der Waals surface area (Å²) < 4.78 is 16.4. The van der Waals surface area contributed by atoms with Gasteiger partial charge in [-0.2, -0.15) is 12.1 Å². The van der Waals surface area contributed by atoms with Crippen LogP contribution in [0.3, 0.4) is 0 Å². The van der Waals surface area contributed by atoms with Crippen molar-refractivity contribution >= 4 is 44.6 Å². The van der Waals surface area contributed by atoms with Gasteiger partial charge in [0.25, 0.3) is 0 Å². The first kappa shape index (κ1) is 49.5. The summed E-state index contributed by atoms with van der Waals surface area (Å²) in [6.45, 7) is 15.9. The average Bonchev–Trinajstić information content (AvgIpc) is 4.08. The van der Waals surface area contributed by atoms with Crippen molar-refractivity contribution in [3.63, 3.8) is 0 Å². The van der Waals surface area contributed by atoms with Crippen LogP contribution in [0.15, 0.2) is 176 Å². The van der Waals surface area contributed by atoms with Gasteiger partial charge in [-0.25, -0.2) is 4.98 Å². The Morgan fingerprint density at radius 1 is 0.566 bits per heavy atom. The molecule has 2 aromatic heterocycles. The van der Waals surface area contributed by atoms with Gasteiger partial charge in [0.2, 0.25) is 0 Å². The number of nitrogens with zero attached hydrogens (tertiary/aromatic N) is 4. The maximum Gasteiger partial charge on any atom is 0.143 e. The summed E-state index contributed by atoms with van der Waals surface area (Å²) in [5, 5.41) is 2.16. The second kappa shape index (κ2) is 19.6. The molecule has 0 spiro atoms. The second-order valence-corrected chi connectivity index (χ2v) is 22.7. The largest absolute Gasteiger partial charge is 0.509 e. The van der Waals surface area contributed by atoms with Crippen LogP contribution in [0.1, 0.15) is 101 Å². The Kier molecular flexibility index (Phi) is 12.8. The van der Waals surface area contributed by atoms with Crippen LogP contribution < -0.4 is 19.3 Å². The molecule has 0 amide bonds. The van der Waals surface area contributed by atoms with Crippen molar-refractivity contribution in [2.75, 3.05) is 9.80 Å². The Balaban J connectivity index is 0.00000582. The Morgan fingerprint density at radius 3 is 1.83 bits per heavy atom. The number of hydrogen-bond acceptors (Lipinski definition) is 5. The van der Waals surface area contributed by atoms with Crippen molar-refractivity contribution in [2.45, 2.75) is 96.8 Å². The van der Waals surface area contributed by atoms with Crippen molar-refractivity contribution in [2.24, 2.45) is 0 Å². The Labute approximate surface area is 462 Å². The Hall–Kier alpha value is -7.40. The van der Waals surface area contributed by atoms with Crippen molar-refractivity contribution in [3.05, 3.63) is 223 Å². The van der Waals surface area contributed by atoms with Gasteiger partial charge in [-0.15, -0.1) is 48.1 Å². The maximum atomic E-state index is 7.43. The molecule has 3 aliphatic rings. The van der Waals surface area contributed by atoms with E-state index >= 15 is 0 Å². The van der Waals surface area contributed by atoms with Crippen molar-refractivity contribution < 1.29 is 30.5 Å². The molecule has 382 valence electrons. The standard InChI is InChI=1S/C69H61N4O2.Pt/c1-68(2,3)48-38-49(69(4,5)6)40-51(39-48)72-44-71(60-32-15-16-33-61(60)72)50-26-19-27-52(41-50)74-53-34-35-56-55-28-13-14-31-59(55)73(62(56)42-53)63-43-54(36-37-70-63)75-67-65(46-20-9-7-10-21-46)57-29-17-24-45-25-18-30-58(64(45)57)66(67)47-22-11-8-12-23-47;/h7-16,19-23,26-28,31-40,43-45H,17-18,24-25,29-30H2,1-6H3;/q-3;. The SMILES string of the molecule is CC(C)(C)c1cc(N2[CH-]N(c3[c-]c(Oc4[c-]c5c(cc4)c4ccccc4n5-c4cc(Oc5c(-c6ccccc6)c6c7c(c5-c5ccccc5)CCCC7CCC6)ccn4)ccc3)c3ccccc32)cc(C(C)(C)C)c1.[Pt]. The number of hydrogen-bond donors (Lipinski definition) is 0. The minimum Gasteiger partial charge on any atom is -0.509 e. The topological polar surface area (TPSA) is 42.8 Å². The molecule has 0 bridgehead atoms. The zero-order chi connectivity index (χ0) is 51.0. The van der Waals surface area contributed by atoms with Gasteiger partial charge >= 0.3 is 0 Å². The number of pyridine rings is 1. The molecule has 7 heteroatoms. The summed E-state index contributed by atoms with van der Waals surface area (Å²) in [7, 11) is 0. The van der Waals surface area contributed by atoms with Crippen LogP contribution in [-0.2, 0) is 44.7 Å². The summed E-state index contributed by atoms with van der Waals surface area (Å²) in [5.74, 6) is 4.14. The molecule has 0 saturated heterocycles. The van der Waals surface area contributed by atoms with E-state index in [0.29, 0.717) is 17.4 Å². The number of fused-ring (bicyclic) bond motifs is 4. The average molecular weight is 1170 g/mol. The summed E-state index contributed by atoms with van der Waals surface area (Å²) in [6.07, 6.45) is 8.85. The minimum absolute atomic E-state index is 0. The molecule has 0 radical (unpaired) electrons. The van der Waals surface area contributed by atoms with Crippen molar-refractivity contribution in [1.29, 1.82) is 0 Å². The van der Waals surface area contributed by atoms with E-state index in [9.17, 15) is 0 Å². The van der Waals surface area contributed by atoms with Crippen LogP contribution in [-0.4, -0.2) is 9.55 Å². The second-order valence-electron chi connectivity index (χ2n) is 22.7. The van der Waals surface area contributed by atoms with E-state index in [1.165, 1.54) is 70.2 Å². The summed E-state index contributed by atoms with van der Waals surface area (Å²) in [4.78, 5) is 9.57. The molecule has 0 fully saturated rings. The van der Waals surface area contributed by atoms with Gasteiger partial charge in [-0.3, -0.25) is 0 Å². The van der Waals surface area contributed by atoms with Crippen LogP contribution in [0.25, 0.3) is 49.9 Å². The molecule has 0 saturated carbocycles. The molecule has 0 N–H and O–H groups in total. The fourth-order valence-corrected chi connectivity index (χ4v) is 12.0. The van der Waals surface area contributed by atoms with E-state index in [-0.39, 0.29) is 31.9 Å². The number of benzene rings is 8. The van der Waals surface area contributed by atoms with Gasteiger partial charge in [0.15, 0.2) is 0 Å². The van der Waals surface area contributed by atoms with Crippen LogP contribution in [0.4, 0.5) is 22.7 Å². The molecule has 8 aromatic carbocycles. The molecule has 76 heavy (non-hydrogen) atoms. The smallest absolute Gasteiger partial charge is 0.143 e. The fraction of sp³-hybridized carbons (Fsp3) is 0.217. The normalized spacial score (nSPS) is 14.4. The third kappa shape index (κ3) is 8.88. The van der Waals surface area contributed by atoms with Crippen molar-refractivity contribution in [3.8, 4) is 51.1 Å². The zero-order valence-corrected chi connectivity index (χ0v) is 46.3. The Bertz CT molecular complexity index is 3710. The van der Waals surface area contributed by atoms with E-state index in [2.05, 4.69) is 220 Å². The predicted octanol–water partition coefficient (Wildman–Crippen LogP) is 18.5. The molecule has 2 aliphatic carbocycles. The van der Waals surface area contributed by atoms with E-state index in [4.69, 9.17) is 14.5 Å². The molecular weight excluding hydrogens is 1110 g/mol. The monoisotopic (exact) mass is 1170 g/mol. The van der Waals surface area contributed by atoms with Crippen LogP contribution in [0, 0.1) is 18.8 Å². The molecule has 13 rings (SSSR count). The van der Waals surface area contributed by atoms with Gasteiger partial charge in [0.1, 0.15) is 17.3 Å². The van der Waals surface area contributed by atoms with E-state index in [1.54, 1.807) is 5.56 Å². The third-order valence-corrected chi connectivity index (χ3v) is 15.7. The first-order valence-electron chi connectivity index (χ1n) is 26.8. The number of rotatable bonds is 9. The predicted molar refractivity (Wildman–Crippen MR) is 308 cm³/mol. The maximum absolute atomic E-state index is 7.43. The number of para-hydroxylation sites is 3. The first-order chi connectivity index (χ1) is 36.4. The van der Waals surface area contributed by atoms with Crippen LogP contribution in [0.2, 0.25) is 0 Å². The molecule has 10 aromatic rings. The molecular formula is C69H61N4O2Pt-3. The molecule has 0 atom stereocenters. The van der Waals surface area contributed by atoms with Crippen molar-refractivity contribution in [1.82, 2.24) is 9.55 Å². The van der Waals surface area contributed by atoms with Gasteiger partial charge in [0.05, 0.1) is 0 Å². The summed E-state index contributed by atoms with van der Waals surface area (Å²) in [5.41, 5.74) is 18.0. The zero-order valence-electron chi connectivity index (χ0n) is 44.1. The van der Waals surface area contributed by atoms with Gasteiger partial charge in [0, 0.05) is 78.5 Å². The molecule has 6 nitrogen and oxygen atoms in total. The number of ether oxygens (including phenoxy) is 2. The fourth-order valence-electron chi connectivity index (χ4n) is 12.0. The van der Waals surface area contributed by atoms with E-state index in [0.717, 1.165) is 74.7 Å².